The molecule has 0 aromatic heterocycles. The maximum Gasteiger partial charge on any atom is 0.129 e. The lowest BCUT2D eigenvalue weighted by molar-refractivity contribution is 0.275. The molecule has 0 fully saturated rings. The second-order valence-corrected chi connectivity index (χ2v) is 3.59. The van der Waals surface area contributed by atoms with Crippen molar-refractivity contribution in [2.45, 2.75) is 19.4 Å². The second kappa shape index (κ2) is 4.73. The third-order valence-corrected chi connectivity index (χ3v) is 2.63. The predicted molar refractivity (Wildman–Crippen MR) is 54.8 cm³/mol. The number of aliphatic hydroxyl groups is 1. The van der Waals surface area contributed by atoms with Crippen molar-refractivity contribution in [2.24, 2.45) is 5.73 Å². The normalized spacial score (nSPS) is 12.9. The van der Waals surface area contributed by atoms with E-state index in [0.29, 0.717) is 17.0 Å². The van der Waals surface area contributed by atoms with Crippen LogP contribution in [0.1, 0.15) is 23.6 Å². The first-order chi connectivity index (χ1) is 6.57. The fourth-order valence-corrected chi connectivity index (χ4v) is 1.60. The van der Waals surface area contributed by atoms with Crippen molar-refractivity contribution in [1.82, 2.24) is 0 Å². The average molecular weight is 218 g/mol. The zero-order valence-electron chi connectivity index (χ0n) is 7.93. The summed E-state index contributed by atoms with van der Waals surface area (Å²) in [6.45, 7) is 1.71. The van der Waals surface area contributed by atoms with Gasteiger partial charge in [-0.05, 0) is 25.0 Å². The molecule has 14 heavy (non-hydrogen) atoms. The van der Waals surface area contributed by atoms with Gasteiger partial charge >= 0.3 is 0 Å². The van der Waals surface area contributed by atoms with Crippen LogP contribution in [0.4, 0.5) is 4.39 Å². The number of nitrogens with two attached hydrogens (primary N) is 1. The van der Waals surface area contributed by atoms with Crippen LogP contribution in [-0.4, -0.2) is 11.7 Å². The minimum Gasteiger partial charge on any atom is -0.396 e. The Kier molecular flexibility index (Phi) is 3.86. The number of hydrogen-bond donors (Lipinski definition) is 2. The van der Waals surface area contributed by atoms with Gasteiger partial charge in [-0.25, -0.2) is 4.39 Å². The molecule has 1 atom stereocenters. The van der Waals surface area contributed by atoms with Gasteiger partial charge in [0.05, 0.1) is 5.02 Å². The van der Waals surface area contributed by atoms with E-state index in [-0.39, 0.29) is 6.61 Å². The Hall–Kier alpha value is -0.640. The molecule has 0 heterocycles. The maximum atomic E-state index is 13.4. The summed E-state index contributed by atoms with van der Waals surface area (Å²) < 4.78 is 13.4. The monoisotopic (exact) mass is 217 g/mol. The van der Waals surface area contributed by atoms with E-state index in [2.05, 4.69) is 0 Å². The van der Waals surface area contributed by atoms with Crippen LogP contribution in [0.2, 0.25) is 5.02 Å². The van der Waals surface area contributed by atoms with Crippen molar-refractivity contribution in [2.75, 3.05) is 6.61 Å². The summed E-state index contributed by atoms with van der Waals surface area (Å²) in [6, 6.07) is 2.40. The number of benzene rings is 1. The highest BCUT2D eigenvalue weighted by atomic mass is 35.5. The molecular formula is C10H13ClFNO. The van der Waals surface area contributed by atoms with Crippen molar-refractivity contribution in [1.29, 1.82) is 0 Å². The summed E-state index contributed by atoms with van der Waals surface area (Å²) in [6.07, 6.45) is 0.306. The molecular weight excluding hydrogens is 205 g/mol. The standard InChI is InChI=1S/C10H13ClFNO/c1-6-2-3-7(12)9(10(6)11)8(13)4-5-14/h2-3,8,14H,4-5,13H2,1H3. The van der Waals surface area contributed by atoms with Gasteiger partial charge in [-0.15, -0.1) is 0 Å². The van der Waals surface area contributed by atoms with Gasteiger partial charge in [0.25, 0.3) is 0 Å². The lowest BCUT2D eigenvalue weighted by Gasteiger charge is -2.14. The Labute approximate surface area is 87.5 Å². The van der Waals surface area contributed by atoms with Crippen LogP contribution in [0.3, 0.4) is 0 Å². The molecule has 1 aromatic rings. The molecule has 78 valence electrons. The molecule has 4 heteroatoms. The molecule has 0 amide bonds. The minimum absolute atomic E-state index is 0.0785. The van der Waals surface area contributed by atoms with Gasteiger partial charge in [0.2, 0.25) is 0 Å². The molecule has 0 saturated carbocycles. The lowest BCUT2D eigenvalue weighted by Crippen LogP contribution is -2.14. The minimum atomic E-state index is -0.549. The van der Waals surface area contributed by atoms with Crippen LogP contribution < -0.4 is 5.73 Å². The van der Waals surface area contributed by atoms with Gasteiger partial charge in [0.15, 0.2) is 0 Å². The van der Waals surface area contributed by atoms with Crippen LogP contribution in [0.15, 0.2) is 12.1 Å². The van der Waals surface area contributed by atoms with E-state index in [1.54, 1.807) is 13.0 Å². The maximum absolute atomic E-state index is 13.4. The van der Waals surface area contributed by atoms with E-state index in [1.165, 1.54) is 6.07 Å². The van der Waals surface area contributed by atoms with Crippen molar-refractivity contribution < 1.29 is 9.50 Å². The Balaban J connectivity index is 3.11. The molecule has 3 N–H and O–H groups in total. The lowest BCUT2D eigenvalue weighted by atomic mass is 10.0. The van der Waals surface area contributed by atoms with E-state index in [4.69, 9.17) is 22.4 Å². The fraction of sp³-hybridized carbons (Fsp3) is 0.400. The number of rotatable bonds is 3. The van der Waals surface area contributed by atoms with Crippen LogP contribution in [0.5, 0.6) is 0 Å². The van der Waals surface area contributed by atoms with Crippen LogP contribution in [0.25, 0.3) is 0 Å². The first-order valence-electron chi connectivity index (χ1n) is 4.39. The van der Waals surface area contributed by atoms with Gasteiger partial charge < -0.3 is 10.8 Å². The molecule has 1 unspecified atom stereocenters. The number of hydrogen-bond acceptors (Lipinski definition) is 2. The first-order valence-corrected chi connectivity index (χ1v) is 4.76. The first kappa shape index (κ1) is 11.4. The average Bonchev–Trinajstić information content (AvgIpc) is 2.13. The highest BCUT2D eigenvalue weighted by Gasteiger charge is 2.16. The third kappa shape index (κ3) is 2.23. The summed E-state index contributed by atoms with van der Waals surface area (Å²) in [5, 5.41) is 9.06. The Bertz CT molecular complexity index is 330. The molecule has 1 aromatic carbocycles. The van der Waals surface area contributed by atoms with Gasteiger partial charge in [0.1, 0.15) is 5.82 Å². The smallest absolute Gasteiger partial charge is 0.129 e. The molecule has 0 aliphatic heterocycles. The predicted octanol–water partition coefficient (Wildman–Crippen LogP) is 2.17. The zero-order valence-corrected chi connectivity index (χ0v) is 8.68. The highest BCUT2D eigenvalue weighted by Crippen LogP contribution is 2.29. The van der Waals surface area contributed by atoms with E-state index in [1.807, 2.05) is 0 Å². The molecule has 0 saturated heterocycles. The van der Waals surface area contributed by atoms with Gasteiger partial charge in [0, 0.05) is 18.2 Å². The summed E-state index contributed by atoms with van der Waals surface area (Å²) >= 11 is 5.93. The summed E-state index contributed by atoms with van der Waals surface area (Å²) in [4.78, 5) is 0. The van der Waals surface area contributed by atoms with E-state index in [0.717, 1.165) is 5.56 Å². The molecule has 2 nitrogen and oxygen atoms in total. The molecule has 0 aliphatic carbocycles. The molecule has 0 aliphatic rings. The van der Waals surface area contributed by atoms with Gasteiger partial charge in [-0.2, -0.15) is 0 Å². The quantitative estimate of drug-likeness (QED) is 0.815. The largest absolute Gasteiger partial charge is 0.396 e. The number of aliphatic hydroxyl groups excluding tert-OH is 1. The molecule has 0 spiro atoms. The second-order valence-electron chi connectivity index (χ2n) is 3.21. The van der Waals surface area contributed by atoms with Crippen molar-refractivity contribution in [3.05, 3.63) is 34.1 Å². The van der Waals surface area contributed by atoms with Gasteiger partial charge in [-0.3, -0.25) is 0 Å². The number of halogens is 2. The highest BCUT2D eigenvalue weighted by molar-refractivity contribution is 6.32. The van der Waals surface area contributed by atoms with E-state index in [9.17, 15) is 4.39 Å². The molecule has 0 bridgehead atoms. The third-order valence-electron chi connectivity index (χ3n) is 2.13. The van der Waals surface area contributed by atoms with Crippen molar-refractivity contribution in [3.8, 4) is 0 Å². The van der Waals surface area contributed by atoms with Crippen molar-refractivity contribution in [3.63, 3.8) is 0 Å². The van der Waals surface area contributed by atoms with E-state index >= 15 is 0 Å². The Morgan fingerprint density at radius 3 is 2.79 bits per heavy atom. The number of aryl methyl sites for hydroxylation is 1. The summed E-state index contributed by atoms with van der Waals surface area (Å²) in [5.74, 6) is -0.415. The van der Waals surface area contributed by atoms with E-state index < -0.39 is 11.9 Å². The van der Waals surface area contributed by atoms with Gasteiger partial charge in [-0.1, -0.05) is 17.7 Å². The molecule has 0 radical (unpaired) electrons. The summed E-state index contributed by atoms with van der Waals surface area (Å²) in [5.41, 5.74) is 6.77. The zero-order chi connectivity index (χ0) is 10.7. The SMILES string of the molecule is Cc1ccc(F)c(C(N)CCO)c1Cl. The van der Waals surface area contributed by atoms with Crippen LogP contribution in [0, 0.1) is 12.7 Å². The van der Waals surface area contributed by atoms with Crippen molar-refractivity contribution >= 4 is 11.6 Å². The topological polar surface area (TPSA) is 46.2 Å². The fourth-order valence-electron chi connectivity index (χ4n) is 1.30. The Morgan fingerprint density at radius 2 is 2.21 bits per heavy atom. The Morgan fingerprint density at radius 1 is 1.57 bits per heavy atom. The summed E-state index contributed by atoms with van der Waals surface area (Å²) in [7, 11) is 0. The van der Waals surface area contributed by atoms with Crippen LogP contribution in [-0.2, 0) is 0 Å². The molecule has 1 rings (SSSR count). The van der Waals surface area contributed by atoms with Crippen LogP contribution >= 0.6 is 11.6 Å².